The molecule has 1 fully saturated rings. The number of pyridine rings is 1. The average molecular weight is 345 g/mol. The predicted octanol–water partition coefficient (Wildman–Crippen LogP) is 2.08. The van der Waals surface area contributed by atoms with Crippen molar-refractivity contribution in [3.8, 4) is 0 Å². The Hall–Kier alpha value is -2.41. The largest absolute Gasteiger partial charge is 0.354 e. The first kappa shape index (κ1) is 16.4. The fourth-order valence-corrected chi connectivity index (χ4v) is 4.48. The number of amides is 1. The van der Waals surface area contributed by atoms with Gasteiger partial charge in [0.2, 0.25) is 0 Å². The van der Waals surface area contributed by atoms with Crippen molar-refractivity contribution in [3.05, 3.63) is 54.4 Å². The van der Waals surface area contributed by atoms with Crippen LogP contribution in [0.1, 0.15) is 16.9 Å². The minimum absolute atomic E-state index is 0.0306. The van der Waals surface area contributed by atoms with E-state index in [9.17, 15) is 13.2 Å². The van der Waals surface area contributed by atoms with Gasteiger partial charge in [0.05, 0.1) is 23.4 Å². The van der Waals surface area contributed by atoms with Crippen LogP contribution in [0.5, 0.6) is 0 Å². The molecule has 7 heteroatoms. The molecule has 1 aliphatic rings. The molecule has 0 spiro atoms. The summed E-state index contributed by atoms with van der Waals surface area (Å²) >= 11 is 0. The molecule has 0 radical (unpaired) electrons. The minimum Gasteiger partial charge on any atom is -0.354 e. The lowest BCUT2D eigenvalue weighted by molar-refractivity contribution is 0.0742. The number of hydrogen-bond donors (Lipinski definition) is 1. The summed E-state index contributed by atoms with van der Waals surface area (Å²) in [5, 5.41) is 3.20. The standard InChI is InChI=1S/C17H19N3O3S/c1-20(15-9-10-24(22,23)12-15)17(21)16-8-7-14(11-18-16)19-13-5-3-2-4-6-13/h2-8,11,15,19H,9-10,12H2,1H3. The van der Waals surface area contributed by atoms with Crippen molar-refractivity contribution in [2.45, 2.75) is 12.5 Å². The molecule has 1 amide bonds. The van der Waals surface area contributed by atoms with Crippen LogP contribution < -0.4 is 5.32 Å². The van der Waals surface area contributed by atoms with E-state index in [0.717, 1.165) is 11.4 Å². The summed E-state index contributed by atoms with van der Waals surface area (Å²) in [5.41, 5.74) is 2.02. The number of nitrogens with one attached hydrogen (secondary N) is 1. The van der Waals surface area contributed by atoms with E-state index in [-0.39, 0.29) is 23.5 Å². The third-order valence-electron chi connectivity index (χ3n) is 4.12. The lowest BCUT2D eigenvalue weighted by atomic mass is 10.2. The fraction of sp³-hybridized carbons (Fsp3) is 0.294. The van der Waals surface area contributed by atoms with Gasteiger partial charge in [0.1, 0.15) is 5.69 Å². The molecule has 1 saturated heterocycles. The summed E-state index contributed by atoms with van der Waals surface area (Å²) in [7, 11) is -1.39. The summed E-state index contributed by atoms with van der Waals surface area (Å²) in [4.78, 5) is 18.1. The van der Waals surface area contributed by atoms with Crippen LogP contribution in [-0.2, 0) is 9.84 Å². The zero-order valence-corrected chi connectivity index (χ0v) is 14.2. The van der Waals surface area contributed by atoms with Gasteiger partial charge in [-0.05, 0) is 30.7 Å². The average Bonchev–Trinajstić information content (AvgIpc) is 2.95. The Bertz CT molecular complexity index is 820. The second-order valence-corrected chi connectivity index (χ2v) is 8.12. The van der Waals surface area contributed by atoms with Crippen LogP contribution in [0.3, 0.4) is 0 Å². The summed E-state index contributed by atoms with van der Waals surface area (Å²) in [6.45, 7) is 0. The Morgan fingerprint density at radius 1 is 1.17 bits per heavy atom. The molecular weight excluding hydrogens is 326 g/mol. The topological polar surface area (TPSA) is 79.4 Å². The minimum atomic E-state index is -3.02. The van der Waals surface area contributed by atoms with E-state index in [1.165, 1.54) is 4.90 Å². The van der Waals surface area contributed by atoms with Crippen molar-refractivity contribution >= 4 is 27.1 Å². The highest BCUT2D eigenvalue weighted by molar-refractivity contribution is 7.91. The molecule has 0 bridgehead atoms. The van der Waals surface area contributed by atoms with E-state index in [1.807, 2.05) is 30.3 Å². The maximum atomic E-state index is 12.5. The molecule has 1 atom stereocenters. The molecule has 0 aliphatic carbocycles. The molecule has 126 valence electrons. The van der Waals surface area contributed by atoms with Crippen LogP contribution in [-0.4, -0.2) is 48.8 Å². The summed E-state index contributed by atoms with van der Waals surface area (Å²) in [5.74, 6) is -0.0886. The smallest absolute Gasteiger partial charge is 0.272 e. The van der Waals surface area contributed by atoms with Gasteiger partial charge in [0.15, 0.2) is 9.84 Å². The molecular formula is C17H19N3O3S. The molecule has 1 aromatic heterocycles. The second-order valence-electron chi connectivity index (χ2n) is 5.90. The molecule has 1 unspecified atom stereocenters. The van der Waals surface area contributed by atoms with Gasteiger partial charge in [-0.25, -0.2) is 13.4 Å². The van der Waals surface area contributed by atoms with Gasteiger partial charge < -0.3 is 10.2 Å². The number of nitrogens with zero attached hydrogens (tertiary/aromatic N) is 2. The Morgan fingerprint density at radius 3 is 2.50 bits per heavy atom. The SMILES string of the molecule is CN(C(=O)c1ccc(Nc2ccccc2)cn1)C1CCS(=O)(=O)C1. The van der Waals surface area contributed by atoms with Crippen molar-refractivity contribution < 1.29 is 13.2 Å². The summed E-state index contributed by atoms with van der Waals surface area (Å²) in [6, 6.07) is 12.8. The molecule has 1 aromatic carbocycles. The summed E-state index contributed by atoms with van der Waals surface area (Å²) < 4.78 is 23.1. The molecule has 24 heavy (non-hydrogen) atoms. The second kappa shape index (κ2) is 6.60. The molecule has 2 aromatic rings. The highest BCUT2D eigenvalue weighted by atomic mass is 32.2. The zero-order valence-electron chi connectivity index (χ0n) is 13.3. The predicted molar refractivity (Wildman–Crippen MR) is 93.1 cm³/mol. The third kappa shape index (κ3) is 3.73. The first-order valence-corrected chi connectivity index (χ1v) is 9.52. The number of anilines is 2. The van der Waals surface area contributed by atoms with Gasteiger partial charge in [-0.15, -0.1) is 0 Å². The van der Waals surface area contributed by atoms with Crippen molar-refractivity contribution in [2.24, 2.45) is 0 Å². The maximum absolute atomic E-state index is 12.5. The lowest BCUT2D eigenvalue weighted by Crippen LogP contribution is -2.38. The van der Waals surface area contributed by atoms with Crippen molar-refractivity contribution in [2.75, 3.05) is 23.9 Å². The Balaban J connectivity index is 1.67. The molecule has 3 rings (SSSR count). The van der Waals surface area contributed by atoms with Gasteiger partial charge >= 0.3 is 0 Å². The molecule has 1 N–H and O–H groups in total. The van der Waals surface area contributed by atoms with Gasteiger partial charge in [-0.1, -0.05) is 18.2 Å². The number of carbonyl (C=O) groups excluding carboxylic acids is 1. The Labute approximate surface area is 141 Å². The van der Waals surface area contributed by atoms with E-state index in [2.05, 4.69) is 10.3 Å². The lowest BCUT2D eigenvalue weighted by Gasteiger charge is -2.23. The summed E-state index contributed by atoms with van der Waals surface area (Å²) in [6.07, 6.45) is 2.08. The number of rotatable bonds is 4. The maximum Gasteiger partial charge on any atom is 0.272 e. The van der Waals surface area contributed by atoms with Crippen LogP contribution in [0, 0.1) is 0 Å². The first-order valence-electron chi connectivity index (χ1n) is 7.70. The molecule has 6 nitrogen and oxygen atoms in total. The zero-order chi connectivity index (χ0) is 17.2. The van der Waals surface area contributed by atoms with Crippen LogP contribution in [0.2, 0.25) is 0 Å². The van der Waals surface area contributed by atoms with Crippen molar-refractivity contribution in [1.82, 2.24) is 9.88 Å². The van der Waals surface area contributed by atoms with Crippen LogP contribution >= 0.6 is 0 Å². The highest BCUT2D eigenvalue weighted by Gasteiger charge is 2.33. The number of aromatic nitrogens is 1. The number of benzene rings is 1. The van der Waals surface area contributed by atoms with Gasteiger partial charge in [-0.3, -0.25) is 4.79 Å². The van der Waals surface area contributed by atoms with E-state index in [0.29, 0.717) is 12.1 Å². The Morgan fingerprint density at radius 2 is 1.92 bits per heavy atom. The number of para-hydroxylation sites is 1. The van der Waals surface area contributed by atoms with Crippen LogP contribution in [0.4, 0.5) is 11.4 Å². The van der Waals surface area contributed by atoms with Crippen LogP contribution in [0.15, 0.2) is 48.7 Å². The van der Waals surface area contributed by atoms with Crippen molar-refractivity contribution in [3.63, 3.8) is 0 Å². The molecule has 1 aliphatic heterocycles. The normalized spacial score (nSPS) is 19.0. The van der Waals surface area contributed by atoms with Gasteiger partial charge in [0, 0.05) is 18.8 Å². The first-order chi connectivity index (χ1) is 11.4. The van der Waals surface area contributed by atoms with Gasteiger partial charge in [-0.2, -0.15) is 0 Å². The fourth-order valence-electron chi connectivity index (χ4n) is 2.71. The Kier molecular flexibility index (Phi) is 4.53. The quantitative estimate of drug-likeness (QED) is 0.918. The van der Waals surface area contributed by atoms with E-state index < -0.39 is 9.84 Å². The number of sulfone groups is 1. The molecule has 0 saturated carbocycles. The van der Waals surface area contributed by atoms with E-state index in [4.69, 9.17) is 0 Å². The van der Waals surface area contributed by atoms with Gasteiger partial charge in [0.25, 0.3) is 5.91 Å². The van der Waals surface area contributed by atoms with E-state index in [1.54, 1.807) is 25.4 Å². The van der Waals surface area contributed by atoms with Crippen LogP contribution in [0.25, 0.3) is 0 Å². The highest BCUT2D eigenvalue weighted by Crippen LogP contribution is 2.19. The third-order valence-corrected chi connectivity index (χ3v) is 5.87. The van der Waals surface area contributed by atoms with Crippen molar-refractivity contribution in [1.29, 1.82) is 0 Å². The monoisotopic (exact) mass is 345 g/mol. The number of carbonyl (C=O) groups is 1. The van der Waals surface area contributed by atoms with E-state index >= 15 is 0 Å². The molecule has 2 heterocycles. The number of hydrogen-bond acceptors (Lipinski definition) is 5.